The minimum atomic E-state index is 0.197. The van der Waals surface area contributed by atoms with Gasteiger partial charge in [0.05, 0.1) is 5.82 Å². The fraction of sp³-hybridized carbons (Fsp3) is 0.0588. The zero-order valence-corrected chi connectivity index (χ0v) is 12.3. The van der Waals surface area contributed by atoms with Crippen LogP contribution < -0.4 is 22.7 Å². The summed E-state index contributed by atoms with van der Waals surface area (Å²) in [7, 11) is 0. The molecule has 1 rings (SSSR count). The Kier molecular flexibility index (Phi) is 6.04. The second-order valence-corrected chi connectivity index (χ2v) is 4.57. The Morgan fingerprint density at radius 3 is 2.52 bits per heavy atom. The minimum absolute atomic E-state index is 0.197. The van der Waals surface area contributed by atoms with Crippen LogP contribution in [0.5, 0.6) is 0 Å². The first-order valence-corrected chi connectivity index (χ1v) is 6.48. The largest absolute Gasteiger partial charge is 0.386 e. The molecule has 0 aliphatic rings. The van der Waals surface area contributed by atoms with Crippen LogP contribution in [0, 0.1) is 6.92 Å². The number of hydrogen-bond donors (Lipinski definition) is 4. The molecule has 0 saturated heterocycles. The first-order valence-electron chi connectivity index (χ1n) is 6.48. The molecule has 0 spiro atoms. The van der Waals surface area contributed by atoms with Crippen LogP contribution in [0.15, 0.2) is 78.8 Å². The van der Waals surface area contributed by atoms with Gasteiger partial charge in [-0.15, -0.1) is 0 Å². The number of rotatable bonds is 6. The highest BCUT2D eigenvalue weighted by molar-refractivity contribution is 5.83. The van der Waals surface area contributed by atoms with Gasteiger partial charge in [-0.25, -0.2) is 0 Å². The number of aryl methyl sites for hydroxylation is 1. The van der Waals surface area contributed by atoms with Crippen LogP contribution in [-0.2, 0) is 0 Å². The van der Waals surface area contributed by atoms with E-state index in [1.54, 1.807) is 24.4 Å². The number of nitrogens with one attached hydrogen (secondary N) is 1. The molecule has 110 valence electrons. The average Bonchev–Trinajstić information content (AvgIpc) is 2.43. The van der Waals surface area contributed by atoms with E-state index in [4.69, 9.17) is 17.3 Å². The third-order valence-electron chi connectivity index (χ3n) is 2.85. The molecule has 0 fully saturated rings. The van der Waals surface area contributed by atoms with Gasteiger partial charge >= 0.3 is 0 Å². The molecular weight excluding hydrogens is 260 g/mol. The summed E-state index contributed by atoms with van der Waals surface area (Å²) in [6, 6.07) is 8.04. The van der Waals surface area contributed by atoms with Crippen LogP contribution >= 0.6 is 0 Å². The van der Waals surface area contributed by atoms with E-state index in [9.17, 15) is 0 Å². The van der Waals surface area contributed by atoms with E-state index >= 15 is 0 Å². The molecule has 4 nitrogen and oxygen atoms in total. The number of hydrogen-bond acceptors (Lipinski definition) is 4. The van der Waals surface area contributed by atoms with E-state index in [-0.39, 0.29) is 5.82 Å². The fourth-order valence-corrected chi connectivity index (χ4v) is 1.94. The number of hydrazine groups is 1. The predicted molar refractivity (Wildman–Crippen MR) is 90.4 cm³/mol. The maximum atomic E-state index is 5.58. The van der Waals surface area contributed by atoms with Crippen LogP contribution in [0.4, 0.5) is 0 Å². The molecule has 1 aromatic rings. The van der Waals surface area contributed by atoms with Crippen molar-refractivity contribution in [2.45, 2.75) is 6.92 Å². The maximum Gasteiger partial charge on any atom is 0.0939 e. The van der Waals surface area contributed by atoms with Crippen LogP contribution in [-0.4, -0.2) is 0 Å². The van der Waals surface area contributed by atoms with Crippen LogP contribution in [0.3, 0.4) is 0 Å². The zero-order chi connectivity index (χ0) is 15.8. The van der Waals surface area contributed by atoms with Crippen molar-refractivity contribution in [3.05, 3.63) is 89.9 Å². The lowest BCUT2D eigenvalue weighted by Crippen LogP contribution is -2.15. The molecule has 0 saturated carbocycles. The van der Waals surface area contributed by atoms with Crippen LogP contribution in [0.1, 0.15) is 11.1 Å². The highest BCUT2D eigenvalue weighted by Gasteiger charge is 2.10. The summed E-state index contributed by atoms with van der Waals surface area (Å²) < 4.78 is 0. The first-order chi connectivity index (χ1) is 9.99. The van der Waals surface area contributed by atoms with Gasteiger partial charge in [0.2, 0.25) is 0 Å². The Morgan fingerprint density at radius 2 is 2.00 bits per heavy atom. The van der Waals surface area contributed by atoms with Gasteiger partial charge in [0.1, 0.15) is 0 Å². The van der Waals surface area contributed by atoms with Crippen molar-refractivity contribution in [3.8, 4) is 0 Å². The number of allylic oxidation sites excluding steroid dienone is 6. The Bertz CT molecular complexity index is 617. The van der Waals surface area contributed by atoms with Gasteiger partial charge in [-0.2, -0.15) is 0 Å². The van der Waals surface area contributed by atoms with Crippen molar-refractivity contribution < 1.29 is 0 Å². The lowest BCUT2D eigenvalue weighted by atomic mass is 9.93. The topological polar surface area (TPSA) is 90.1 Å². The summed E-state index contributed by atoms with van der Waals surface area (Å²) >= 11 is 0. The molecule has 0 aliphatic heterocycles. The molecular formula is C17H22N4. The molecule has 0 heterocycles. The predicted octanol–water partition coefficient (Wildman–Crippen LogP) is 2.23. The summed E-state index contributed by atoms with van der Waals surface area (Å²) in [6.45, 7) is 9.87. The minimum Gasteiger partial charge on any atom is -0.386 e. The number of nitrogens with two attached hydrogens (primary N) is 3. The summed E-state index contributed by atoms with van der Waals surface area (Å²) in [4.78, 5) is 0. The molecule has 7 N–H and O–H groups in total. The fourth-order valence-electron chi connectivity index (χ4n) is 1.94. The summed E-state index contributed by atoms with van der Waals surface area (Å²) in [6.07, 6.45) is 6.75. The molecule has 0 amide bonds. The highest BCUT2D eigenvalue weighted by atomic mass is 15.2. The molecule has 1 aromatic carbocycles. The van der Waals surface area contributed by atoms with Crippen molar-refractivity contribution in [3.63, 3.8) is 0 Å². The van der Waals surface area contributed by atoms with Crippen molar-refractivity contribution in [2.24, 2.45) is 17.3 Å². The second kappa shape index (κ2) is 7.77. The summed E-state index contributed by atoms with van der Waals surface area (Å²) in [5.41, 5.74) is 18.2. The smallest absolute Gasteiger partial charge is 0.0939 e. The molecule has 0 unspecified atom stereocenters. The Balaban J connectivity index is 3.32. The summed E-state index contributed by atoms with van der Waals surface area (Å²) in [5.74, 6) is 5.63. The van der Waals surface area contributed by atoms with Crippen molar-refractivity contribution in [2.75, 3.05) is 0 Å². The standard InChI is InChI=1S/C17H22N4/c1-4-6-15(10-17(18)19)16(11-21-20)13(3)14-8-5-7-12(2)9-14/h4-11,21H,1,3,18-20H2,2H3/b15-6+,16-11+. The summed E-state index contributed by atoms with van der Waals surface area (Å²) in [5, 5.41) is 0. The van der Waals surface area contributed by atoms with Gasteiger partial charge in [-0.1, -0.05) is 55.1 Å². The van der Waals surface area contributed by atoms with E-state index in [2.05, 4.69) is 18.6 Å². The Labute approximate surface area is 126 Å². The zero-order valence-electron chi connectivity index (χ0n) is 12.3. The Morgan fingerprint density at radius 1 is 1.29 bits per heavy atom. The second-order valence-electron chi connectivity index (χ2n) is 4.57. The third-order valence-corrected chi connectivity index (χ3v) is 2.85. The van der Waals surface area contributed by atoms with Crippen molar-refractivity contribution >= 4 is 5.57 Å². The molecule has 0 aromatic heterocycles. The van der Waals surface area contributed by atoms with E-state index in [0.717, 1.165) is 27.8 Å². The van der Waals surface area contributed by atoms with Crippen molar-refractivity contribution in [1.82, 2.24) is 5.43 Å². The van der Waals surface area contributed by atoms with Gasteiger partial charge in [-0.05, 0) is 29.7 Å². The first kappa shape index (κ1) is 16.3. The normalized spacial score (nSPS) is 11.7. The molecule has 0 atom stereocenters. The van der Waals surface area contributed by atoms with Gasteiger partial charge in [0.15, 0.2) is 0 Å². The van der Waals surface area contributed by atoms with Crippen LogP contribution in [0.25, 0.3) is 5.57 Å². The average molecular weight is 282 g/mol. The van der Waals surface area contributed by atoms with Gasteiger partial charge < -0.3 is 16.9 Å². The van der Waals surface area contributed by atoms with E-state index < -0.39 is 0 Å². The third kappa shape index (κ3) is 4.71. The van der Waals surface area contributed by atoms with Gasteiger partial charge in [-0.3, -0.25) is 5.84 Å². The maximum absolute atomic E-state index is 5.58. The molecule has 4 heteroatoms. The molecule has 0 aliphatic carbocycles. The molecule has 0 bridgehead atoms. The quantitative estimate of drug-likeness (QED) is 0.366. The van der Waals surface area contributed by atoms with Crippen molar-refractivity contribution in [1.29, 1.82) is 0 Å². The molecule has 21 heavy (non-hydrogen) atoms. The van der Waals surface area contributed by atoms with E-state index in [0.29, 0.717) is 0 Å². The Hall–Kier alpha value is -2.72. The number of benzene rings is 1. The lowest BCUT2D eigenvalue weighted by Gasteiger charge is -2.13. The van der Waals surface area contributed by atoms with E-state index in [1.165, 1.54) is 0 Å². The van der Waals surface area contributed by atoms with Gasteiger partial charge in [0, 0.05) is 11.8 Å². The van der Waals surface area contributed by atoms with E-state index in [1.807, 2.05) is 31.2 Å². The SMILES string of the molecule is C=C/C=C(C=C(N)N)/C(=C/NN)C(=C)c1cccc(C)c1. The van der Waals surface area contributed by atoms with Crippen LogP contribution in [0.2, 0.25) is 0 Å². The molecule has 0 radical (unpaired) electrons. The lowest BCUT2D eigenvalue weighted by molar-refractivity contribution is 0.960. The van der Waals surface area contributed by atoms with Gasteiger partial charge in [0.25, 0.3) is 0 Å². The monoisotopic (exact) mass is 282 g/mol. The highest BCUT2D eigenvalue weighted by Crippen LogP contribution is 2.28.